The van der Waals surface area contributed by atoms with Crippen molar-refractivity contribution in [3.63, 3.8) is 0 Å². The Morgan fingerprint density at radius 3 is 2.00 bits per heavy atom. The Balaban J connectivity index is 2.61. The van der Waals surface area contributed by atoms with Gasteiger partial charge in [0.25, 0.3) is 0 Å². The van der Waals surface area contributed by atoms with Gasteiger partial charge in [0.15, 0.2) is 0 Å². The van der Waals surface area contributed by atoms with E-state index in [-0.39, 0.29) is 0 Å². The Hall–Kier alpha value is -1.41. The van der Waals surface area contributed by atoms with E-state index in [1.807, 2.05) is 48.5 Å². The highest BCUT2D eigenvalue weighted by Crippen LogP contribution is 2.47. The third-order valence-electron chi connectivity index (χ3n) is 2.76. The predicted octanol–water partition coefficient (Wildman–Crippen LogP) is 3.46. The second-order valence-corrected chi connectivity index (χ2v) is 5.95. The zero-order valence-corrected chi connectivity index (χ0v) is 11.3. The first-order chi connectivity index (χ1) is 8.71. The molecule has 2 aromatic rings. The summed E-state index contributed by atoms with van der Waals surface area (Å²) in [7, 11) is -0.447. The average Bonchev–Trinajstić information content (AvgIpc) is 2.47. The van der Waals surface area contributed by atoms with Crippen molar-refractivity contribution < 1.29 is 13.6 Å². The number of hydrogen-bond acceptors (Lipinski definition) is 3. The molecule has 3 nitrogen and oxygen atoms in total. The van der Waals surface area contributed by atoms with E-state index in [9.17, 15) is 4.57 Å². The van der Waals surface area contributed by atoms with Gasteiger partial charge < -0.3 is 9.05 Å². The molecule has 0 fully saturated rings. The van der Waals surface area contributed by atoms with E-state index in [4.69, 9.17) is 9.05 Å². The molecule has 2 rings (SSSR count). The molecule has 0 N–H and O–H groups in total. The van der Waals surface area contributed by atoms with Crippen LogP contribution in [0.25, 0.3) is 11.1 Å². The normalized spacial score (nSPS) is 11.4. The molecule has 0 aliphatic carbocycles. The lowest BCUT2D eigenvalue weighted by atomic mass is 10.1. The molecule has 0 unspecified atom stereocenters. The van der Waals surface area contributed by atoms with Gasteiger partial charge in [-0.2, -0.15) is 0 Å². The minimum atomic E-state index is -3.24. The van der Waals surface area contributed by atoms with Gasteiger partial charge in [-0.3, -0.25) is 4.57 Å². The van der Waals surface area contributed by atoms with Crippen molar-refractivity contribution in [3.8, 4) is 11.1 Å². The maximum atomic E-state index is 12.5. The van der Waals surface area contributed by atoms with Crippen LogP contribution in [0.3, 0.4) is 0 Å². The van der Waals surface area contributed by atoms with E-state index >= 15 is 0 Å². The van der Waals surface area contributed by atoms with Crippen molar-refractivity contribution in [2.45, 2.75) is 0 Å². The molecule has 0 saturated heterocycles. The second-order valence-electron chi connectivity index (χ2n) is 3.75. The van der Waals surface area contributed by atoms with Crippen LogP contribution >= 0.6 is 7.60 Å². The van der Waals surface area contributed by atoms with Gasteiger partial charge in [0, 0.05) is 14.2 Å². The molecule has 0 radical (unpaired) electrons. The Bertz CT molecular complexity index is 558. The summed E-state index contributed by atoms with van der Waals surface area (Å²) in [4.78, 5) is 0. The highest BCUT2D eigenvalue weighted by molar-refractivity contribution is 7.62. The molecule has 94 valence electrons. The zero-order chi connectivity index (χ0) is 13.0. The molecule has 2 aromatic carbocycles. The van der Waals surface area contributed by atoms with Crippen LogP contribution in [0, 0.1) is 0 Å². The lowest BCUT2D eigenvalue weighted by Gasteiger charge is -2.17. The van der Waals surface area contributed by atoms with Gasteiger partial charge in [-0.15, -0.1) is 0 Å². The first kappa shape index (κ1) is 13.0. The molecule has 18 heavy (non-hydrogen) atoms. The summed E-state index contributed by atoms with van der Waals surface area (Å²) < 4.78 is 22.6. The van der Waals surface area contributed by atoms with Crippen LogP contribution in [-0.2, 0) is 13.6 Å². The fourth-order valence-electron chi connectivity index (χ4n) is 1.85. The minimum absolute atomic E-state index is 0.584. The van der Waals surface area contributed by atoms with Gasteiger partial charge in [-0.05, 0) is 17.2 Å². The van der Waals surface area contributed by atoms with Crippen molar-refractivity contribution in [3.05, 3.63) is 54.6 Å². The molecule has 0 spiro atoms. The fraction of sp³-hybridized carbons (Fsp3) is 0.143. The molecule has 0 aliphatic rings. The molecular weight excluding hydrogens is 247 g/mol. The first-order valence-corrected chi connectivity index (χ1v) is 7.12. The molecule has 0 amide bonds. The minimum Gasteiger partial charge on any atom is -0.309 e. The van der Waals surface area contributed by atoms with Crippen molar-refractivity contribution >= 4 is 12.9 Å². The smallest absolute Gasteiger partial charge is 0.309 e. The van der Waals surface area contributed by atoms with E-state index in [1.54, 1.807) is 6.07 Å². The van der Waals surface area contributed by atoms with E-state index in [1.165, 1.54) is 14.2 Å². The van der Waals surface area contributed by atoms with Gasteiger partial charge >= 0.3 is 7.60 Å². The van der Waals surface area contributed by atoms with E-state index in [2.05, 4.69) is 0 Å². The Morgan fingerprint density at radius 2 is 1.39 bits per heavy atom. The maximum absolute atomic E-state index is 12.5. The quantitative estimate of drug-likeness (QED) is 0.791. The summed E-state index contributed by atoms with van der Waals surface area (Å²) in [6.45, 7) is 0. The molecule has 0 aliphatic heterocycles. The second kappa shape index (κ2) is 5.49. The first-order valence-electron chi connectivity index (χ1n) is 5.58. The van der Waals surface area contributed by atoms with Crippen LogP contribution in [0.2, 0.25) is 0 Å². The summed E-state index contributed by atoms with van der Waals surface area (Å²) in [6.07, 6.45) is 0. The predicted molar refractivity (Wildman–Crippen MR) is 73.1 cm³/mol. The standard InChI is InChI=1S/C14H15O3P/c1-16-18(15,17-2)14-11-7-6-10-13(14)12-8-4-3-5-9-12/h3-11H,1-2H3. The van der Waals surface area contributed by atoms with E-state index in [0.717, 1.165) is 11.1 Å². The number of hydrogen-bond donors (Lipinski definition) is 0. The summed E-state index contributed by atoms with van der Waals surface area (Å²) >= 11 is 0. The Morgan fingerprint density at radius 1 is 0.833 bits per heavy atom. The van der Waals surface area contributed by atoms with Crippen LogP contribution in [0.15, 0.2) is 54.6 Å². The lowest BCUT2D eigenvalue weighted by Crippen LogP contribution is -2.10. The van der Waals surface area contributed by atoms with Crippen LogP contribution in [-0.4, -0.2) is 14.2 Å². The third-order valence-corrected chi connectivity index (χ3v) is 4.71. The number of rotatable bonds is 4. The van der Waals surface area contributed by atoms with Gasteiger partial charge in [-0.25, -0.2) is 0 Å². The average molecular weight is 262 g/mol. The largest absolute Gasteiger partial charge is 0.361 e. The lowest BCUT2D eigenvalue weighted by molar-refractivity contribution is 0.287. The monoisotopic (exact) mass is 262 g/mol. The van der Waals surface area contributed by atoms with E-state index in [0.29, 0.717) is 5.30 Å². The van der Waals surface area contributed by atoms with Crippen LogP contribution in [0.5, 0.6) is 0 Å². The zero-order valence-electron chi connectivity index (χ0n) is 10.4. The van der Waals surface area contributed by atoms with Gasteiger partial charge in [0.05, 0.1) is 5.30 Å². The fourth-order valence-corrected chi connectivity index (χ4v) is 3.16. The Kier molecular flexibility index (Phi) is 3.97. The van der Waals surface area contributed by atoms with E-state index < -0.39 is 7.60 Å². The summed E-state index contributed by atoms with van der Waals surface area (Å²) in [5.41, 5.74) is 1.85. The molecule has 0 atom stereocenters. The van der Waals surface area contributed by atoms with Crippen LogP contribution in [0.1, 0.15) is 0 Å². The van der Waals surface area contributed by atoms with Crippen molar-refractivity contribution in [2.24, 2.45) is 0 Å². The van der Waals surface area contributed by atoms with Gasteiger partial charge in [0.2, 0.25) is 0 Å². The topological polar surface area (TPSA) is 35.5 Å². The molecule has 0 bridgehead atoms. The maximum Gasteiger partial charge on any atom is 0.361 e. The molecule has 0 heterocycles. The van der Waals surface area contributed by atoms with Crippen molar-refractivity contribution in [1.82, 2.24) is 0 Å². The Labute approximate surface area is 107 Å². The number of benzene rings is 2. The third kappa shape index (κ3) is 2.39. The summed E-state index contributed by atoms with van der Waals surface area (Å²) in [6, 6.07) is 17.2. The summed E-state index contributed by atoms with van der Waals surface area (Å²) in [5, 5.41) is 0.584. The molecule has 4 heteroatoms. The van der Waals surface area contributed by atoms with Crippen LogP contribution < -0.4 is 5.30 Å². The summed E-state index contributed by atoms with van der Waals surface area (Å²) in [5.74, 6) is 0. The SMILES string of the molecule is COP(=O)(OC)c1ccccc1-c1ccccc1. The van der Waals surface area contributed by atoms with Crippen molar-refractivity contribution in [1.29, 1.82) is 0 Å². The highest BCUT2D eigenvalue weighted by Gasteiger charge is 2.27. The van der Waals surface area contributed by atoms with Gasteiger partial charge in [-0.1, -0.05) is 48.5 Å². The van der Waals surface area contributed by atoms with Crippen LogP contribution in [0.4, 0.5) is 0 Å². The van der Waals surface area contributed by atoms with Crippen molar-refractivity contribution in [2.75, 3.05) is 14.2 Å². The molecular formula is C14H15O3P. The highest BCUT2D eigenvalue weighted by atomic mass is 31.2. The van der Waals surface area contributed by atoms with Gasteiger partial charge in [0.1, 0.15) is 0 Å². The molecule has 0 saturated carbocycles. The molecule has 0 aromatic heterocycles.